The zero-order valence-corrected chi connectivity index (χ0v) is 17.2. The standard InChI is InChI=1S/C19H31N3O3S/c1-13-8-6-11-18(14(13)2)20-15(3)19(23)21-16-9-7-10-17(12-16)26(24,25)22(4)5/h7,9-10,12-15,18,20H,6,8,11H2,1-5H3,(H,21,23)/p+1/t13-,14+,15-,18+/m0/s1. The molecule has 4 atom stereocenters. The van der Waals surface area contributed by atoms with Crippen LogP contribution in [0, 0.1) is 11.8 Å². The molecule has 0 unspecified atom stereocenters. The number of rotatable bonds is 6. The topological polar surface area (TPSA) is 83.1 Å². The molecule has 1 aliphatic carbocycles. The number of benzene rings is 1. The number of nitrogens with two attached hydrogens (primary N) is 1. The van der Waals surface area contributed by atoms with E-state index in [2.05, 4.69) is 24.5 Å². The number of anilines is 1. The van der Waals surface area contributed by atoms with Crippen molar-refractivity contribution in [1.29, 1.82) is 0 Å². The van der Waals surface area contributed by atoms with Crippen LogP contribution in [0.1, 0.15) is 40.0 Å². The third kappa shape index (κ3) is 4.84. The zero-order valence-electron chi connectivity index (χ0n) is 16.4. The van der Waals surface area contributed by atoms with E-state index in [-0.39, 0.29) is 16.8 Å². The summed E-state index contributed by atoms with van der Waals surface area (Å²) in [4.78, 5) is 12.7. The molecule has 0 aliphatic heterocycles. The molecule has 1 saturated carbocycles. The summed E-state index contributed by atoms with van der Waals surface area (Å²) < 4.78 is 25.6. The summed E-state index contributed by atoms with van der Waals surface area (Å²) in [5.41, 5.74) is 0.503. The van der Waals surface area contributed by atoms with Crippen molar-refractivity contribution in [3.63, 3.8) is 0 Å². The molecular formula is C19H32N3O3S+. The largest absolute Gasteiger partial charge is 0.334 e. The van der Waals surface area contributed by atoms with Crippen LogP contribution < -0.4 is 10.6 Å². The lowest BCUT2D eigenvalue weighted by Gasteiger charge is -2.33. The third-order valence-electron chi connectivity index (χ3n) is 5.60. The molecular weight excluding hydrogens is 350 g/mol. The maximum atomic E-state index is 12.6. The summed E-state index contributed by atoms with van der Waals surface area (Å²) in [5, 5.41) is 5.02. The van der Waals surface area contributed by atoms with Crippen LogP contribution in [0.3, 0.4) is 0 Å². The number of carbonyl (C=O) groups excluding carboxylic acids is 1. The fourth-order valence-electron chi connectivity index (χ4n) is 3.55. The number of hydrogen-bond acceptors (Lipinski definition) is 3. The number of amides is 1. The first kappa shape index (κ1) is 20.9. The second kappa shape index (κ2) is 8.50. The highest BCUT2D eigenvalue weighted by Gasteiger charge is 2.32. The van der Waals surface area contributed by atoms with Gasteiger partial charge in [0.2, 0.25) is 10.0 Å². The summed E-state index contributed by atoms with van der Waals surface area (Å²) in [6.45, 7) is 6.46. The molecule has 0 radical (unpaired) electrons. The molecule has 0 aromatic heterocycles. The predicted molar refractivity (Wildman–Crippen MR) is 103 cm³/mol. The monoisotopic (exact) mass is 382 g/mol. The number of nitrogens with one attached hydrogen (secondary N) is 1. The summed E-state index contributed by atoms with van der Waals surface area (Å²) in [7, 11) is -0.537. The Morgan fingerprint density at radius 3 is 2.62 bits per heavy atom. The van der Waals surface area contributed by atoms with Gasteiger partial charge in [-0.05, 0) is 50.3 Å². The van der Waals surface area contributed by atoms with Gasteiger partial charge in [-0.3, -0.25) is 4.79 Å². The van der Waals surface area contributed by atoms with Gasteiger partial charge in [0, 0.05) is 25.7 Å². The van der Waals surface area contributed by atoms with Crippen LogP contribution in [0.2, 0.25) is 0 Å². The zero-order chi connectivity index (χ0) is 19.5. The summed E-state index contributed by atoms with van der Waals surface area (Å²) in [6.07, 6.45) is 3.62. The molecule has 0 saturated heterocycles. The van der Waals surface area contributed by atoms with E-state index in [9.17, 15) is 13.2 Å². The Labute approximate surface area is 157 Å². The molecule has 7 heteroatoms. The van der Waals surface area contributed by atoms with E-state index in [0.717, 1.165) is 10.7 Å². The van der Waals surface area contributed by atoms with Gasteiger partial charge < -0.3 is 10.6 Å². The summed E-state index contributed by atoms with van der Waals surface area (Å²) in [6, 6.07) is 6.63. The Morgan fingerprint density at radius 2 is 1.96 bits per heavy atom. The van der Waals surface area contributed by atoms with Gasteiger partial charge in [-0.2, -0.15) is 0 Å². The second-order valence-electron chi connectivity index (χ2n) is 7.72. The van der Waals surface area contributed by atoms with Crippen molar-refractivity contribution >= 4 is 21.6 Å². The maximum absolute atomic E-state index is 12.6. The highest BCUT2D eigenvalue weighted by molar-refractivity contribution is 7.89. The first-order valence-electron chi connectivity index (χ1n) is 9.31. The average molecular weight is 383 g/mol. The van der Waals surface area contributed by atoms with Crippen LogP contribution in [0.25, 0.3) is 0 Å². The van der Waals surface area contributed by atoms with Gasteiger partial charge in [0.25, 0.3) is 5.91 Å². The Balaban J connectivity index is 2.03. The molecule has 146 valence electrons. The smallest absolute Gasteiger partial charge is 0.282 e. The Morgan fingerprint density at radius 1 is 1.27 bits per heavy atom. The SMILES string of the molecule is C[C@@H]1[C@@H](C)CCC[C@H]1[NH2+][C@@H](C)C(=O)Nc1cccc(S(=O)(=O)N(C)C)c1. The lowest BCUT2D eigenvalue weighted by molar-refractivity contribution is -0.715. The number of carbonyl (C=O) groups is 1. The molecule has 1 aliphatic rings. The number of hydrogen-bond donors (Lipinski definition) is 2. The van der Waals surface area contributed by atoms with Crippen LogP contribution in [0.15, 0.2) is 29.2 Å². The molecule has 0 bridgehead atoms. The minimum atomic E-state index is -3.52. The van der Waals surface area contributed by atoms with E-state index in [4.69, 9.17) is 0 Å². The Kier molecular flexibility index (Phi) is 6.82. The third-order valence-corrected chi connectivity index (χ3v) is 7.41. The van der Waals surface area contributed by atoms with Crippen molar-refractivity contribution in [3.8, 4) is 0 Å². The molecule has 3 N–H and O–H groups in total. The lowest BCUT2D eigenvalue weighted by atomic mass is 9.78. The van der Waals surface area contributed by atoms with Gasteiger partial charge in [0.15, 0.2) is 6.04 Å². The van der Waals surface area contributed by atoms with Crippen molar-refractivity contribution in [3.05, 3.63) is 24.3 Å². The van der Waals surface area contributed by atoms with Crippen LogP contribution in [-0.2, 0) is 14.8 Å². The van der Waals surface area contributed by atoms with Crippen LogP contribution in [0.4, 0.5) is 5.69 Å². The molecule has 1 aromatic carbocycles. The van der Waals surface area contributed by atoms with Crippen molar-refractivity contribution in [2.45, 2.75) is 57.0 Å². The number of quaternary nitrogens is 1. The summed E-state index contributed by atoms with van der Waals surface area (Å²) >= 11 is 0. The maximum Gasteiger partial charge on any atom is 0.282 e. The predicted octanol–water partition coefficient (Wildman–Crippen LogP) is 1.65. The quantitative estimate of drug-likeness (QED) is 0.785. The molecule has 6 nitrogen and oxygen atoms in total. The molecule has 2 rings (SSSR count). The average Bonchev–Trinajstić information content (AvgIpc) is 2.59. The fourth-order valence-corrected chi connectivity index (χ4v) is 4.50. The molecule has 1 fully saturated rings. The minimum absolute atomic E-state index is 0.102. The molecule has 1 aromatic rings. The van der Waals surface area contributed by atoms with Crippen molar-refractivity contribution in [2.24, 2.45) is 11.8 Å². The Hall–Kier alpha value is -1.44. The summed E-state index contributed by atoms with van der Waals surface area (Å²) in [5.74, 6) is 1.18. The first-order valence-corrected chi connectivity index (χ1v) is 10.8. The van der Waals surface area contributed by atoms with Gasteiger partial charge in [-0.25, -0.2) is 12.7 Å². The van der Waals surface area contributed by atoms with E-state index in [1.54, 1.807) is 12.1 Å². The molecule has 0 spiro atoms. The van der Waals surface area contributed by atoms with Gasteiger partial charge in [-0.15, -0.1) is 0 Å². The van der Waals surface area contributed by atoms with Gasteiger partial charge in [0.05, 0.1) is 10.9 Å². The van der Waals surface area contributed by atoms with Crippen molar-refractivity contribution in [2.75, 3.05) is 19.4 Å². The highest BCUT2D eigenvalue weighted by Crippen LogP contribution is 2.27. The Bertz CT molecular complexity index is 733. The van der Waals surface area contributed by atoms with Gasteiger partial charge >= 0.3 is 0 Å². The fraction of sp³-hybridized carbons (Fsp3) is 0.632. The second-order valence-corrected chi connectivity index (χ2v) is 9.87. The van der Waals surface area contributed by atoms with Crippen LogP contribution in [0.5, 0.6) is 0 Å². The van der Waals surface area contributed by atoms with E-state index >= 15 is 0 Å². The van der Waals surface area contributed by atoms with Crippen molar-refractivity contribution < 1.29 is 18.5 Å². The lowest BCUT2D eigenvalue weighted by Crippen LogP contribution is -2.97. The first-order chi connectivity index (χ1) is 12.1. The van der Waals surface area contributed by atoms with Crippen LogP contribution in [-0.4, -0.2) is 44.8 Å². The highest BCUT2D eigenvalue weighted by atomic mass is 32.2. The van der Waals surface area contributed by atoms with E-state index in [1.807, 2.05) is 6.92 Å². The normalized spacial score (nSPS) is 25.1. The molecule has 26 heavy (non-hydrogen) atoms. The molecule has 1 amide bonds. The van der Waals surface area contributed by atoms with Crippen molar-refractivity contribution in [1.82, 2.24) is 4.31 Å². The van der Waals surface area contributed by atoms with Gasteiger partial charge in [0.1, 0.15) is 0 Å². The number of sulfonamides is 1. The minimum Gasteiger partial charge on any atom is -0.334 e. The molecule has 0 heterocycles. The van der Waals surface area contributed by atoms with Crippen LogP contribution >= 0.6 is 0 Å². The van der Waals surface area contributed by atoms with E-state index in [0.29, 0.717) is 23.6 Å². The van der Waals surface area contributed by atoms with E-state index < -0.39 is 10.0 Å². The number of nitrogens with zero attached hydrogens (tertiary/aromatic N) is 1. The van der Waals surface area contributed by atoms with E-state index in [1.165, 1.54) is 39.1 Å². The van der Waals surface area contributed by atoms with Gasteiger partial charge in [-0.1, -0.05) is 19.9 Å².